The number of hydrogen-bond acceptors (Lipinski definition) is 3. The maximum Gasteiger partial charge on any atom is 0.307 e. The summed E-state index contributed by atoms with van der Waals surface area (Å²) in [5, 5.41) is 8.87. The summed E-state index contributed by atoms with van der Waals surface area (Å²) < 4.78 is 0. The summed E-state index contributed by atoms with van der Waals surface area (Å²) >= 11 is 0. The average molecular weight is 268 g/mol. The Morgan fingerprint density at radius 2 is 1.74 bits per heavy atom. The number of aliphatic carboxylic acids is 1. The summed E-state index contributed by atoms with van der Waals surface area (Å²) in [4.78, 5) is 27.2. The molecule has 2 aliphatic rings. The van der Waals surface area contributed by atoms with E-state index in [0.717, 1.165) is 32.6 Å². The van der Waals surface area contributed by atoms with E-state index in [1.807, 2.05) is 4.90 Å². The number of nitrogens with zero attached hydrogens (tertiary/aromatic N) is 2. The van der Waals surface area contributed by atoms with Crippen LogP contribution in [0.25, 0.3) is 0 Å². The van der Waals surface area contributed by atoms with Crippen LogP contribution < -0.4 is 0 Å². The van der Waals surface area contributed by atoms with Crippen LogP contribution in [0.1, 0.15) is 33.6 Å². The Kier molecular flexibility index (Phi) is 3.85. The van der Waals surface area contributed by atoms with E-state index in [2.05, 4.69) is 25.7 Å². The monoisotopic (exact) mass is 268 g/mol. The van der Waals surface area contributed by atoms with Gasteiger partial charge in [0.25, 0.3) is 0 Å². The molecule has 5 heteroatoms. The largest absolute Gasteiger partial charge is 0.481 e. The third-order valence-corrected chi connectivity index (χ3v) is 4.74. The molecule has 108 valence electrons. The molecular weight excluding hydrogens is 244 g/mol. The predicted octanol–water partition coefficient (Wildman–Crippen LogP) is 1.04. The molecule has 19 heavy (non-hydrogen) atoms. The molecule has 0 aromatic heterocycles. The number of carboxylic acid groups (broad SMARTS) is 1. The maximum atomic E-state index is 12.1. The van der Waals surface area contributed by atoms with Gasteiger partial charge < -0.3 is 10.0 Å². The lowest BCUT2D eigenvalue weighted by molar-refractivity contribution is -0.142. The number of rotatable bonds is 4. The number of carbonyl (C=O) groups excluding carboxylic acids is 1. The van der Waals surface area contributed by atoms with Gasteiger partial charge in [-0.2, -0.15) is 0 Å². The first-order chi connectivity index (χ1) is 8.86. The molecule has 1 saturated heterocycles. The Hall–Kier alpha value is -1.10. The fraction of sp³-hybridized carbons (Fsp3) is 0.857. The summed E-state index contributed by atoms with van der Waals surface area (Å²) in [7, 11) is 0. The van der Waals surface area contributed by atoms with Gasteiger partial charge in [-0.1, -0.05) is 6.92 Å². The standard InChI is InChI=1S/C14H24N2O3/c1-4-14(2,3)16-7-5-15(6-8-16)12(17)10-9-11(10)13(18)19/h10-11H,4-9H2,1-3H3,(H,18,19). The van der Waals surface area contributed by atoms with Gasteiger partial charge in [0.2, 0.25) is 5.91 Å². The van der Waals surface area contributed by atoms with Crippen LogP contribution in [0.5, 0.6) is 0 Å². The first-order valence-electron chi connectivity index (χ1n) is 7.13. The van der Waals surface area contributed by atoms with Crippen molar-refractivity contribution in [1.82, 2.24) is 9.80 Å². The fourth-order valence-corrected chi connectivity index (χ4v) is 2.73. The van der Waals surface area contributed by atoms with Gasteiger partial charge in [0, 0.05) is 31.7 Å². The van der Waals surface area contributed by atoms with E-state index in [-0.39, 0.29) is 17.4 Å². The van der Waals surface area contributed by atoms with Crippen LogP contribution in [0.4, 0.5) is 0 Å². The number of carbonyl (C=O) groups is 2. The van der Waals surface area contributed by atoms with Crippen LogP contribution >= 0.6 is 0 Å². The fourth-order valence-electron chi connectivity index (χ4n) is 2.73. The molecule has 1 saturated carbocycles. The number of hydrogen-bond donors (Lipinski definition) is 1. The van der Waals surface area contributed by atoms with Crippen molar-refractivity contribution in [3.63, 3.8) is 0 Å². The molecule has 2 atom stereocenters. The first kappa shape index (κ1) is 14.3. The summed E-state index contributed by atoms with van der Waals surface area (Å²) in [6.07, 6.45) is 1.61. The highest BCUT2D eigenvalue weighted by Crippen LogP contribution is 2.40. The van der Waals surface area contributed by atoms with Crippen molar-refractivity contribution >= 4 is 11.9 Å². The highest BCUT2D eigenvalue weighted by Gasteiger charge is 2.50. The second kappa shape index (κ2) is 5.12. The van der Waals surface area contributed by atoms with Crippen molar-refractivity contribution in [1.29, 1.82) is 0 Å². The van der Waals surface area contributed by atoms with E-state index in [1.165, 1.54) is 0 Å². The molecular formula is C14H24N2O3. The minimum atomic E-state index is -0.830. The first-order valence-corrected chi connectivity index (χ1v) is 7.13. The summed E-state index contributed by atoms with van der Waals surface area (Å²) in [5.41, 5.74) is 0.179. The van der Waals surface area contributed by atoms with E-state index in [4.69, 9.17) is 5.11 Å². The van der Waals surface area contributed by atoms with E-state index >= 15 is 0 Å². The Morgan fingerprint density at radius 3 is 2.16 bits per heavy atom. The van der Waals surface area contributed by atoms with Gasteiger partial charge in [-0.25, -0.2) is 0 Å². The third-order valence-electron chi connectivity index (χ3n) is 4.74. The van der Waals surface area contributed by atoms with E-state index < -0.39 is 11.9 Å². The van der Waals surface area contributed by atoms with Gasteiger partial charge in [0.1, 0.15) is 0 Å². The van der Waals surface area contributed by atoms with Gasteiger partial charge in [0.05, 0.1) is 11.8 Å². The van der Waals surface area contributed by atoms with Crippen molar-refractivity contribution < 1.29 is 14.7 Å². The van der Waals surface area contributed by atoms with Gasteiger partial charge in [-0.05, 0) is 26.7 Å². The lowest BCUT2D eigenvalue weighted by atomic mass is 9.98. The van der Waals surface area contributed by atoms with Crippen LogP contribution in [-0.4, -0.2) is 58.5 Å². The lowest BCUT2D eigenvalue weighted by Gasteiger charge is -2.43. The van der Waals surface area contributed by atoms with Crippen LogP contribution in [-0.2, 0) is 9.59 Å². The zero-order chi connectivity index (χ0) is 14.2. The summed E-state index contributed by atoms with van der Waals surface area (Å²) in [6.45, 7) is 9.86. The Bertz CT molecular complexity index is 373. The molecule has 2 unspecified atom stereocenters. The summed E-state index contributed by atoms with van der Waals surface area (Å²) in [6, 6.07) is 0. The molecule has 2 fully saturated rings. The average Bonchev–Trinajstić information content (AvgIpc) is 3.18. The van der Waals surface area contributed by atoms with Crippen LogP contribution in [0, 0.1) is 11.8 Å². The van der Waals surface area contributed by atoms with E-state index in [1.54, 1.807) is 0 Å². The normalized spacial score (nSPS) is 28.3. The molecule has 2 rings (SSSR count). The minimum Gasteiger partial charge on any atom is -0.481 e. The molecule has 1 heterocycles. The molecule has 5 nitrogen and oxygen atoms in total. The molecule has 1 amide bonds. The molecule has 0 bridgehead atoms. The van der Waals surface area contributed by atoms with Gasteiger partial charge in [-0.15, -0.1) is 0 Å². The second-order valence-corrected chi connectivity index (χ2v) is 6.27. The molecule has 1 aliphatic carbocycles. The number of carboxylic acids is 1. The Balaban J connectivity index is 1.84. The predicted molar refractivity (Wildman–Crippen MR) is 71.8 cm³/mol. The molecule has 0 spiro atoms. The molecule has 1 aliphatic heterocycles. The number of piperazine rings is 1. The summed E-state index contributed by atoms with van der Waals surface area (Å²) in [5.74, 6) is -1.48. The van der Waals surface area contributed by atoms with Crippen LogP contribution in [0.3, 0.4) is 0 Å². The smallest absolute Gasteiger partial charge is 0.307 e. The lowest BCUT2D eigenvalue weighted by Crippen LogP contribution is -2.55. The van der Waals surface area contributed by atoms with Gasteiger partial charge in [0.15, 0.2) is 0 Å². The Labute approximate surface area is 114 Å². The molecule has 1 N–H and O–H groups in total. The highest BCUT2D eigenvalue weighted by atomic mass is 16.4. The SMILES string of the molecule is CCC(C)(C)N1CCN(C(=O)C2CC2C(=O)O)CC1. The second-order valence-electron chi connectivity index (χ2n) is 6.27. The van der Waals surface area contributed by atoms with Crippen molar-refractivity contribution in [3.8, 4) is 0 Å². The van der Waals surface area contributed by atoms with E-state index in [0.29, 0.717) is 6.42 Å². The molecule has 0 aromatic rings. The van der Waals surface area contributed by atoms with Crippen molar-refractivity contribution in [2.75, 3.05) is 26.2 Å². The zero-order valence-corrected chi connectivity index (χ0v) is 12.1. The third kappa shape index (κ3) is 2.91. The maximum absolute atomic E-state index is 12.1. The van der Waals surface area contributed by atoms with E-state index in [9.17, 15) is 9.59 Å². The topological polar surface area (TPSA) is 60.9 Å². The van der Waals surface area contributed by atoms with Crippen molar-refractivity contribution in [2.45, 2.75) is 39.2 Å². The number of amides is 1. The van der Waals surface area contributed by atoms with Gasteiger partial charge in [-0.3, -0.25) is 14.5 Å². The van der Waals surface area contributed by atoms with Crippen molar-refractivity contribution in [3.05, 3.63) is 0 Å². The van der Waals surface area contributed by atoms with Crippen LogP contribution in [0.2, 0.25) is 0 Å². The Morgan fingerprint density at radius 1 is 1.16 bits per heavy atom. The zero-order valence-electron chi connectivity index (χ0n) is 12.1. The highest BCUT2D eigenvalue weighted by molar-refractivity contribution is 5.89. The van der Waals surface area contributed by atoms with Crippen molar-refractivity contribution in [2.24, 2.45) is 11.8 Å². The minimum absolute atomic E-state index is 0.0429. The quantitative estimate of drug-likeness (QED) is 0.827. The van der Waals surface area contributed by atoms with Gasteiger partial charge >= 0.3 is 5.97 Å². The molecule has 0 aromatic carbocycles. The van der Waals surface area contributed by atoms with Crippen LogP contribution in [0.15, 0.2) is 0 Å². The molecule has 0 radical (unpaired) electrons.